The largest absolute Gasteiger partial charge is 0.478 e. The molecule has 4 N–H and O–H groups in total. The first-order valence-electron chi connectivity index (χ1n) is 9.65. The van der Waals surface area contributed by atoms with Gasteiger partial charge in [-0.25, -0.2) is 9.59 Å². The molecule has 7 heteroatoms. The van der Waals surface area contributed by atoms with Crippen LogP contribution in [0.2, 0.25) is 0 Å². The minimum atomic E-state index is -1.01. The lowest BCUT2D eigenvalue weighted by molar-refractivity contribution is -0.121. The van der Waals surface area contributed by atoms with Gasteiger partial charge < -0.3 is 21.1 Å². The summed E-state index contributed by atoms with van der Waals surface area (Å²) in [6.07, 6.45) is 2.82. The number of urea groups is 1. The highest BCUT2D eigenvalue weighted by Crippen LogP contribution is 2.31. The van der Waals surface area contributed by atoms with E-state index in [1.807, 2.05) is 30.3 Å². The quantitative estimate of drug-likeness (QED) is 0.601. The van der Waals surface area contributed by atoms with Crippen molar-refractivity contribution in [3.05, 3.63) is 65.2 Å². The van der Waals surface area contributed by atoms with E-state index in [2.05, 4.69) is 16.0 Å². The number of rotatable bonds is 6. The molecular weight excluding hydrogens is 370 g/mol. The Morgan fingerprint density at radius 2 is 1.72 bits per heavy atom. The van der Waals surface area contributed by atoms with Crippen molar-refractivity contribution in [2.24, 2.45) is 0 Å². The maximum Gasteiger partial charge on any atom is 0.335 e. The second-order valence-electron chi connectivity index (χ2n) is 7.37. The highest BCUT2D eigenvalue weighted by atomic mass is 16.4. The standard InChI is InChI=1S/C22H25N3O4/c1-15-13-17(9-10-18(15)19(26)27)24-20(28)22(11-5-6-12-22)25-21(29)23-14-16-7-3-2-4-8-16/h2-4,7-10,13H,5-6,11-12,14H2,1H3,(H,24,28)(H,26,27)(H2,23,25,29). The van der Waals surface area contributed by atoms with Crippen molar-refractivity contribution in [3.63, 3.8) is 0 Å². The lowest BCUT2D eigenvalue weighted by Crippen LogP contribution is -2.57. The molecule has 29 heavy (non-hydrogen) atoms. The van der Waals surface area contributed by atoms with E-state index in [0.717, 1.165) is 18.4 Å². The van der Waals surface area contributed by atoms with Crippen LogP contribution >= 0.6 is 0 Å². The van der Waals surface area contributed by atoms with Crippen molar-refractivity contribution in [1.29, 1.82) is 0 Å². The van der Waals surface area contributed by atoms with Crippen molar-refractivity contribution in [2.45, 2.75) is 44.7 Å². The zero-order valence-electron chi connectivity index (χ0n) is 16.3. The van der Waals surface area contributed by atoms with Gasteiger partial charge in [0.15, 0.2) is 0 Å². The summed E-state index contributed by atoms with van der Waals surface area (Å²) in [6.45, 7) is 2.06. The molecule has 0 radical (unpaired) electrons. The third-order valence-electron chi connectivity index (χ3n) is 5.26. The fraction of sp³-hybridized carbons (Fsp3) is 0.318. The number of aryl methyl sites for hydroxylation is 1. The molecule has 2 aromatic rings. The second kappa shape index (κ2) is 8.77. The zero-order chi connectivity index (χ0) is 20.9. The van der Waals surface area contributed by atoms with Crippen LogP contribution in [0.15, 0.2) is 48.5 Å². The Bertz CT molecular complexity index is 906. The van der Waals surface area contributed by atoms with E-state index in [9.17, 15) is 14.4 Å². The van der Waals surface area contributed by atoms with E-state index < -0.39 is 11.5 Å². The van der Waals surface area contributed by atoms with Crippen LogP contribution in [0.4, 0.5) is 10.5 Å². The fourth-order valence-electron chi connectivity index (χ4n) is 3.66. The SMILES string of the molecule is Cc1cc(NC(=O)C2(NC(=O)NCc3ccccc3)CCCC2)ccc1C(=O)O. The molecule has 0 bridgehead atoms. The maximum absolute atomic E-state index is 13.0. The van der Waals surface area contributed by atoms with Gasteiger partial charge >= 0.3 is 12.0 Å². The number of carboxylic acid groups (broad SMARTS) is 1. The predicted molar refractivity (Wildman–Crippen MR) is 110 cm³/mol. The minimum Gasteiger partial charge on any atom is -0.478 e. The Labute approximate surface area is 169 Å². The summed E-state index contributed by atoms with van der Waals surface area (Å²) in [5.74, 6) is -1.29. The smallest absolute Gasteiger partial charge is 0.335 e. The van der Waals surface area contributed by atoms with Crippen LogP contribution in [0.25, 0.3) is 0 Å². The zero-order valence-corrected chi connectivity index (χ0v) is 16.3. The molecule has 3 rings (SSSR count). The van der Waals surface area contributed by atoms with Crippen LogP contribution in [0.1, 0.15) is 47.2 Å². The van der Waals surface area contributed by atoms with E-state index in [1.165, 1.54) is 6.07 Å². The van der Waals surface area contributed by atoms with Crippen molar-refractivity contribution in [2.75, 3.05) is 5.32 Å². The van der Waals surface area contributed by atoms with Crippen molar-refractivity contribution in [3.8, 4) is 0 Å². The van der Waals surface area contributed by atoms with Gasteiger partial charge in [-0.15, -0.1) is 0 Å². The van der Waals surface area contributed by atoms with Gasteiger partial charge in [0, 0.05) is 12.2 Å². The molecule has 1 aliphatic rings. The van der Waals surface area contributed by atoms with Crippen LogP contribution in [-0.4, -0.2) is 28.6 Å². The topological polar surface area (TPSA) is 108 Å². The van der Waals surface area contributed by atoms with Gasteiger partial charge in [-0.3, -0.25) is 4.79 Å². The van der Waals surface area contributed by atoms with Crippen LogP contribution in [0, 0.1) is 6.92 Å². The van der Waals surface area contributed by atoms with Gasteiger partial charge in [-0.2, -0.15) is 0 Å². The van der Waals surface area contributed by atoms with E-state index in [1.54, 1.807) is 19.1 Å². The third-order valence-corrected chi connectivity index (χ3v) is 5.26. The first-order chi connectivity index (χ1) is 13.9. The van der Waals surface area contributed by atoms with Gasteiger partial charge in [0.1, 0.15) is 5.54 Å². The Kier molecular flexibility index (Phi) is 6.16. The number of carbonyl (C=O) groups is 3. The molecule has 0 unspecified atom stereocenters. The Hall–Kier alpha value is -3.35. The van der Waals surface area contributed by atoms with Crippen LogP contribution in [-0.2, 0) is 11.3 Å². The molecule has 0 aliphatic heterocycles. The first kappa shape index (κ1) is 20.4. The molecule has 3 amide bonds. The molecule has 1 aliphatic carbocycles. The molecule has 1 fully saturated rings. The summed E-state index contributed by atoms with van der Waals surface area (Å²) in [5, 5.41) is 17.7. The molecule has 2 aromatic carbocycles. The van der Waals surface area contributed by atoms with Crippen LogP contribution in [0.5, 0.6) is 0 Å². The third kappa shape index (κ3) is 4.93. The monoisotopic (exact) mass is 395 g/mol. The molecule has 1 saturated carbocycles. The fourth-order valence-corrected chi connectivity index (χ4v) is 3.66. The van der Waals surface area contributed by atoms with Gasteiger partial charge in [0.2, 0.25) is 5.91 Å². The van der Waals surface area contributed by atoms with Crippen molar-refractivity contribution >= 4 is 23.6 Å². The number of hydrogen-bond donors (Lipinski definition) is 4. The number of hydrogen-bond acceptors (Lipinski definition) is 3. The summed E-state index contributed by atoms with van der Waals surface area (Å²) in [7, 11) is 0. The highest BCUT2D eigenvalue weighted by molar-refractivity contribution is 6.01. The summed E-state index contributed by atoms with van der Waals surface area (Å²) < 4.78 is 0. The van der Waals surface area contributed by atoms with Crippen LogP contribution < -0.4 is 16.0 Å². The second-order valence-corrected chi connectivity index (χ2v) is 7.37. The molecule has 0 saturated heterocycles. The number of nitrogens with one attached hydrogen (secondary N) is 3. The molecule has 0 atom stereocenters. The predicted octanol–water partition coefficient (Wildman–Crippen LogP) is 3.44. The molecule has 0 aromatic heterocycles. The van der Waals surface area contributed by atoms with E-state index >= 15 is 0 Å². The van der Waals surface area contributed by atoms with Crippen molar-refractivity contribution < 1.29 is 19.5 Å². The average Bonchev–Trinajstić information content (AvgIpc) is 3.17. The Morgan fingerprint density at radius 1 is 1.03 bits per heavy atom. The lowest BCUT2D eigenvalue weighted by atomic mass is 9.96. The lowest BCUT2D eigenvalue weighted by Gasteiger charge is -2.29. The average molecular weight is 395 g/mol. The molecule has 0 spiro atoms. The molecule has 0 heterocycles. The van der Waals surface area contributed by atoms with E-state index in [4.69, 9.17) is 5.11 Å². The number of aromatic carboxylic acids is 1. The summed E-state index contributed by atoms with van der Waals surface area (Å²) in [4.78, 5) is 36.6. The molecule has 7 nitrogen and oxygen atoms in total. The maximum atomic E-state index is 13.0. The summed E-state index contributed by atoms with van der Waals surface area (Å²) in [5.41, 5.74) is 1.26. The van der Waals surface area contributed by atoms with Gasteiger partial charge in [0.25, 0.3) is 0 Å². The van der Waals surface area contributed by atoms with Crippen LogP contribution in [0.3, 0.4) is 0 Å². The van der Waals surface area contributed by atoms with Gasteiger partial charge in [0.05, 0.1) is 5.56 Å². The first-order valence-corrected chi connectivity index (χ1v) is 9.65. The minimum absolute atomic E-state index is 0.192. The Balaban J connectivity index is 1.66. The number of benzene rings is 2. The highest BCUT2D eigenvalue weighted by Gasteiger charge is 2.42. The van der Waals surface area contributed by atoms with E-state index in [0.29, 0.717) is 30.6 Å². The van der Waals surface area contributed by atoms with Gasteiger partial charge in [-0.05, 0) is 49.1 Å². The number of amides is 3. The normalized spacial score (nSPS) is 14.8. The molecular formula is C22H25N3O4. The van der Waals surface area contributed by atoms with Gasteiger partial charge in [-0.1, -0.05) is 43.2 Å². The molecule has 152 valence electrons. The number of anilines is 1. The Morgan fingerprint density at radius 3 is 2.34 bits per heavy atom. The number of carboxylic acids is 1. The van der Waals surface area contributed by atoms with Crippen molar-refractivity contribution in [1.82, 2.24) is 10.6 Å². The number of carbonyl (C=O) groups excluding carboxylic acids is 2. The van der Waals surface area contributed by atoms with E-state index in [-0.39, 0.29) is 17.5 Å². The summed E-state index contributed by atoms with van der Waals surface area (Å²) >= 11 is 0. The summed E-state index contributed by atoms with van der Waals surface area (Å²) in [6, 6.07) is 13.8.